The van der Waals surface area contributed by atoms with Crippen LogP contribution in [0.2, 0.25) is 0 Å². The number of benzene rings is 1. The standard InChI is InChI=1S/C16H21F3/c1-3-12-5-7-13(8-6-12)14-9-4-11(2)10-15(14)16(17,18)19/h4,9-10,12-13H,3,5-8H2,1-2H3. The van der Waals surface area contributed by atoms with Gasteiger partial charge in [-0.05, 0) is 56.1 Å². The fourth-order valence-electron chi connectivity index (χ4n) is 3.15. The van der Waals surface area contributed by atoms with Crippen molar-refractivity contribution < 1.29 is 13.2 Å². The first-order chi connectivity index (χ1) is 8.91. The molecule has 0 saturated heterocycles. The Hall–Kier alpha value is -0.990. The van der Waals surface area contributed by atoms with E-state index < -0.39 is 11.7 Å². The molecular formula is C16H21F3. The molecule has 106 valence electrons. The van der Waals surface area contributed by atoms with Crippen LogP contribution in [0.3, 0.4) is 0 Å². The van der Waals surface area contributed by atoms with Gasteiger partial charge in [0, 0.05) is 0 Å². The molecule has 1 fully saturated rings. The first kappa shape index (κ1) is 14.4. The second-order valence-electron chi connectivity index (χ2n) is 5.71. The van der Waals surface area contributed by atoms with E-state index in [-0.39, 0.29) is 5.92 Å². The molecule has 1 aliphatic rings. The van der Waals surface area contributed by atoms with E-state index in [2.05, 4.69) is 6.92 Å². The van der Waals surface area contributed by atoms with Crippen LogP contribution in [0.5, 0.6) is 0 Å². The average Bonchev–Trinajstić information content (AvgIpc) is 2.38. The highest BCUT2D eigenvalue weighted by Crippen LogP contribution is 2.42. The van der Waals surface area contributed by atoms with Crippen LogP contribution in [-0.4, -0.2) is 0 Å². The molecule has 0 bridgehead atoms. The van der Waals surface area contributed by atoms with Gasteiger partial charge in [0.25, 0.3) is 0 Å². The normalized spacial score (nSPS) is 24.5. The van der Waals surface area contributed by atoms with Crippen molar-refractivity contribution in [2.24, 2.45) is 5.92 Å². The fraction of sp³-hybridized carbons (Fsp3) is 0.625. The summed E-state index contributed by atoms with van der Waals surface area (Å²) in [5, 5.41) is 0. The van der Waals surface area contributed by atoms with E-state index in [1.165, 1.54) is 6.07 Å². The molecule has 0 heterocycles. The Morgan fingerprint density at radius 3 is 2.26 bits per heavy atom. The third-order valence-corrected chi connectivity index (χ3v) is 4.38. The molecule has 1 aliphatic carbocycles. The third-order valence-electron chi connectivity index (χ3n) is 4.38. The zero-order chi connectivity index (χ0) is 14.0. The molecule has 1 aromatic carbocycles. The van der Waals surface area contributed by atoms with E-state index in [0.29, 0.717) is 17.0 Å². The largest absolute Gasteiger partial charge is 0.416 e. The molecule has 0 N–H and O–H groups in total. The van der Waals surface area contributed by atoms with E-state index >= 15 is 0 Å². The van der Waals surface area contributed by atoms with E-state index in [9.17, 15) is 13.2 Å². The quantitative estimate of drug-likeness (QED) is 0.647. The van der Waals surface area contributed by atoms with Gasteiger partial charge in [0.15, 0.2) is 0 Å². The lowest BCUT2D eigenvalue weighted by Gasteiger charge is -2.30. The number of hydrogen-bond acceptors (Lipinski definition) is 0. The molecule has 2 rings (SSSR count). The van der Waals surface area contributed by atoms with Crippen molar-refractivity contribution in [2.45, 2.75) is 58.0 Å². The maximum atomic E-state index is 13.1. The molecule has 0 unspecified atom stereocenters. The minimum atomic E-state index is -4.23. The first-order valence-corrected chi connectivity index (χ1v) is 7.09. The summed E-state index contributed by atoms with van der Waals surface area (Å²) in [6, 6.07) is 4.78. The molecule has 1 saturated carbocycles. The molecule has 3 heteroatoms. The molecule has 0 spiro atoms. The Kier molecular flexibility index (Phi) is 4.22. The molecule has 0 nitrogen and oxygen atoms in total. The predicted molar refractivity (Wildman–Crippen MR) is 71.2 cm³/mol. The SMILES string of the molecule is CCC1CCC(c2ccc(C)cc2C(F)(F)F)CC1. The van der Waals surface area contributed by atoms with Crippen molar-refractivity contribution in [3.63, 3.8) is 0 Å². The minimum absolute atomic E-state index is 0.0834. The summed E-state index contributed by atoms with van der Waals surface area (Å²) in [6.07, 6.45) is 0.823. The van der Waals surface area contributed by atoms with Crippen LogP contribution in [0.4, 0.5) is 13.2 Å². The van der Waals surface area contributed by atoms with Crippen molar-refractivity contribution in [3.05, 3.63) is 34.9 Å². The lowest BCUT2D eigenvalue weighted by Crippen LogP contribution is -2.17. The zero-order valence-electron chi connectivity index (χ0n) is 11.6. The molecule has 0 atom stereocenters. The van der Waals surface area contributed by atoms with E-state index in [4.69, 9.17) is 0 Å². The smallest absolute Gasteiger partial charge is 0.166 e. The maximum absolute atomic E-state index is 13.1. The highest BCUT2D eigenvalue weighted by atomic mass is 19.4. The zero-order valence-corrected chi connectivity index (χ0v) is 11.6. The van der Waals surface area contributed by atoms with Crippen molar-refractivity contribution in [2.75, 3.05) is 0 Å². The molecule has 1 aromatic rings. The van der Waals surface area contributed by atoms with Gasteiger partial charge in [0.05, 0.1) is 5.56 Å². The van der Waals surface area contributed by atoms with Gasteiger partial charge in [0.2, 0.25) is 0 Å². The third kappa shape index (κ3) is 3.31. The Balaban J connectivity index is 2.25. The van der Waals surface area contributed by atoms with Crippen LogP contribution in [-0.2, 0) is 6.18 Å². The van der Waals surface area contributed by atoms with Crippen molar-refractivity contribution >= 4 is 0 Å². The summed E-state index contributed by atoms with van der Waals surface area (Å²) in [6.45, 7) is 3.88. The molecular weight excluding hydrogens is 249 g/mol. The van der Waals surface area contributed by atoms with Gasteiger partial charge in [-0.25, -0.2) is 0 Å². The Morgan fingerprint density at radius 2 is 1.74 bits per heavy atom. The van der Waals surface area contributed by atoms with Crippen LogP contribution in [0.15, 0.2) is 18.2 Å². The van der Waals surface area contributed by atoms with E-state index in [1.54, 1.807) is 19.1 Å². The summed E-state index contributed by atoms with van der Waals surface area (Å²) in [5.74, 6) is 0.788. The monoisotopic (exact) mass is 270 g/mol. The molecule has 0 aromatic heterocycles. The van der Waals surface area contributed by atoms with Gasteiger partial charge in [-0.2, -0.15) is 13.2 Å². The summed E-state index contributed by atoms with van der Waals surface area (Å²) >= 11 is 0. The van der Waals surface area contributed by atoms with Gasteiger partial charge >= 0.3 is 6.18 Å². The summed E-state index contributed by atoms with van der Waals surface area (Å²) in [5.41, 5.74) is 0.762. The molecule has 19 heavy (non-hydrogen) atoms. The molecule has 0 radical (unpaired) electrons. The maximum Gasteiger partial charge on any atom is 0.416 e. The number of aryl methyl sites for hydroxylation is 1. The Morgan fingerprint density at radius 1 is 1.11 bits per heavy atom. The van der Waals surface area contributed by atoms with Crippen LogP contribution >= 0.6 is 0 Å². The fourth-order valence-corrected chi connectivity index (χ4v) is 3.15. The molecule has 0 amide bonds. The minimum Gasteiger partial charge on any atom is -0.166 e. The van der Waals surface area contributed by atoms with E-state index in [0.717, 1.165) is 32.1 Å². The second kappa shape index (κ2) is 5.56. The lowest BCUT2D eigenvalue weighted by molar-refractivity contribution is -0.138. The van der Waals surface area contributed by atoms with Crippen LogP contribution in [0.1, 0.15) is 61.6 Å². The second-order valence-corrected chi connectivity index (χ2v) is 5.71. The van der Waals surface area contributed by atoms with Crippen molar-refractivity contribution in [1.82, 2.24) is 0 Å². The van der Waals surface area contributed by atoms with Crippen LogP contribution in [0.25, 0.3) is 0 Å². The lowest BCUT2D eigenvalue weighted by atomic mass is 9.76. The number of rotatable bonds is 2. The molecule has 0 aliphatic heterocycles. The highest BCUT2D eigenvalue weighted by Gasteiger charge is 2.36. The van der Waals surface area contributed by atoms with Gasteiger partial charge < -0.3 is 0 Å². The van der Waals surface area contributed by atoms with Gasteiger partial charge in [-0.15, -0.1) is 0 Å². The Labute approximate surface area is 113 Å². The van der Waals surface area contributed by atoms with Crippen molar-refractivity contribution in [1.29, 1.82) is 0 Å². The van der Waals surface area contributed by atoms with Gasteiger partial charge in [0.1, 0.15) is 0 Å². The van der Waals surface area contributed by atoms with Crippen LogP contribution in [0, 0.1) is 12.8 Å². The predicted octanol–water partition coefficient (Wildman–Crippen LogP) is 5.70. The number of alkyl halides is 3. The van der Waals surface area contributed by atoms with Crippen molar-refractivity contribution in [3.8, 4) is 0 Å². The summed E-state index contributed by atoms with van der Waals surface area (Å²) in [7, 11) is 0. The average molecular weight is 270 g/mol. The highest BCUT2D eigenvalue weighted by molar-refractivity contribution is 5.36. The van der Waals surface area contributed by atoms with Gasteiger partial charge in [-0.1, -0.05) is 31.0 Å². The topological polar surface area (TPSA) is 0 Å². The van der Waals surface area contributed by atoms with Gasteiger partial charge in [-0.3, -0.25) is 0 Å². The van der Waals surface area contributed by atoms with E-state index in [1.807, 2.05) is 0 Å². The summed E-state index contributed by atoms with van der Waals surface area (Å²) < 4.78 is 39.4. The Bertz CT molecular complexity index is 426. The number of hydrogen-bond donors (Lipinski definition) is 0. The first-order valence-electron chi connectivity index (χ1n) is 7.09. The van der Waals surface area contributed by atoms with Crippen LogP contribution < -0.4 is 0 Å². The number of halogens is 3. The summed E-state index contributed by atoms with van der Waals surface area (Å²) in [4.78, 5) is 0.